The van der Waals surface area contributed by atoms with Gasteiger partial charge in [-0.1, -0.05) is 48.5 Å². The maximum Gasteiger partial charge on any atom is 0.347 e. The molecule has 0 aliphatic heterocycles. The summed E-state index contributed by atoms with van der Waals surface area (Å²) < 4.78 is 0. The molecule has 15 heavy (non-hydrogen) atoms. The second-order valence-electron chi connectivity index (χ2n) is 6.82. The second-order valence-corrected chi connectivity index (χ2v) is 15.8. The SMILES string of the molecule is CC(C)(C)CC(C)(C(C)(C)C)[Si](Cl)(Cl)Cl. The first-order valence-corrected chi connectivity index (χ1v) is 10.3. The zero-order chi connectivity index (χ0) is 12.7. The predicted octanol–water partition coefficient (Wildman–Crippen LogP) is 5.88. The van der Waals surface area contributed by atoms with Gasteiger partial charge in [0.25, 0.3) is 0 Å². The molecule has 0 N–H and O–H groups in total. The van der Waals surface area contributed by atoms with Crippen molar-refractivity contribution in [3.63, 3.8) is 0 Å². The Morgan fingerprint density at radius 2 is 1.13 bits per heavy atom. The maximum atomic E-state index is 6.30. The predicted molar refractivity (Wildman–Crippen MR) is 75.2 cm³/mol. The Kier molecular flexibility index (Phi) is 4.72. The van der Waals surface area contributed by atoms with E-state index in [0.717, 1.165) is 6.42 Å². The standard InChI is InChI=1S/C11H23Cl3Si/c1-9(2,3)8-11(7,10(4,5)6)15(12,13)14/h8H2,1-7H3. The van der Waals surface area contributed by atoms with Gasteiger partial charge in [-0.3, -0.25) is 0 Å². The highest BCUT2D eigenvalue weighted by molar-refractivity contribution is 7.65. The average Bonchev–Trinajstić information content (AvgIpc) is 1.77. The van der Waals surface area contributed by atoms with E-state index in [-0.39, 0.29) is 15.9 Å². The van der Waals surface area contributed by atoms with Crippen molar-refractivity contribution >= 4 is 39.2 Å². The van der Waals surface area contributed by atoms with E-state index in [0.29, 0.717) is 0 Å². The Labute approximate surface area is 110 Å². The van der Waals surface area contributed by atoms with Gasteiger partial charge in [-0.2, -0.15) is 0 Å². The fraction of sp³-hybridized carbons (Fsp3) is 1.00. The van der Waals surface area contributed by atoms with E-state index in [4.69, 9.17) is 33.2 Å². The van der Waals surface area contributed by atoms with Crippen molar-refractivity contribution in [3.05, 3.63) is 0 Å². The molecule has 0 radical (unpaired) electrons. The number of halogens is 3. The van der Waals surface area contributed by atoms with Crippen LogP contribution in [0.3, 0.4) is 0 Å². The number of rotatable bonds is 2. The Balaban J connectivity index is 5.26. The molecule has 92 valence electrons. The van der Waals surface area contributed by atoms with E-state index < -0.39 is 6.00 Å². The molecule has 0 heterocycles. The Bertz CT molecular complexity index is 203. The van der Waals surface area contributed by atoms with Crippen LogP contribution >= 0.6 is 33.2 Å². The monoisotopic (exact) mass is 288 g/mol. The van der Waals surface area contributed by atoms with Crippen LogP contribution in [-0.2, 0) is 0 Å². The van der Waals surface area contributed by atoms with Crippen LogP contribution in [0.1, 0.15) is 54.9 Å². The van der Waals surface area contributed by atoms with E-state index in [2.05, 4.69) is 48.5 Å². The van der Waals surface area contributed by atoms with E-state index in [1.807, 2.05) is 0 Å². The topological polar surface area (TPSA) is 0 Å². The summed E-state index contributed by atoms with van der Waals surface area (Å²) in [4.78, 5) is 0. The van der Waals surface area contributed by atoms with E-state index in [9.17, 15) is 0 Å². The molecule has 0 saturated carbocycles. The lowest BCUT2D eigenvalue weighted by molar-refractivity contribution is 0.195. The number of hydrogen-bond donors (Lipinski definition) is 0. The molecule has 1 unspecified atom stereocenters. The van der Waals surface area contributed by atoms with Gasteiger partial charge in [-0.25, -0.2) is 0 Å². The summed E-state index contributed by atoms with van der Waals surface area (Å²) in [6.07, 6.45) is 0.937. The third kappa shape index (κ3) is 4.11. The highest BCUT2D eigenvalue weighted by atomic mass is 35.8. The van der Waals surface area contributed by atoms with Crippen molar-refractivity contribution in [2.24, 2.45) is 10.8 Å². The third-order valence-electron chi connectivity index (χ3n) is 3.16. The summed E-state index contributed by atoms with van der Waals surface area (Å²) in [6, 6.07) is -2.74. The smallest absolute Gasteiger partial charge is 0.125 e. The minimum atomic E-state index is -2.74. The maximum absolute atomic E-state index is 6.30. The molecule has 0 spiro atoms. The fourth-order valence-electron chi connectivity index (χ4n) is 1.85. The molecule has 0 aliphatic carbocycles. The van der Waals surface area contributed by atoms with Crippen molar-refractivity contribution in [2.45, 2.75) is 59.9 Å². The molecule has 0 fully saturated rings. The minimum Gasteiger partial charge on any atom is -0.125 e. The minimum absolute atomic E-state index is 0.0117. The van der Waals surface area contributed by atoms with Crippen LogP contribution < -0.4 is 0 Å². The largest absolute Gasteiger partial charge is 0.347 e. The van der Waals surface area contributed by atoms with Crippen molar-refractivity contribution < 1.29 is 0 Å². The van der Waals surface area contributed by atoms with Gasteiger partial charge in [0, 0.05) is 5.04 Å². The Hall–Kier alpha value is 1.09. The first-order chi connectivity index (χ1) is 6.21. The number of hydrogen-bond acceptors (Lipinski definition) is 0. The van der Waals surface area contributed by atoms with Gasteiger partial charge in [0.15, 0.2) is 0 Å². The average molecular weight is 290 g/mol. The molecular formula is C11H23Cl3Si. The van der Waals surface area contributed by atoms with Gasteiger partial charge in [0.1, 0.15) is 0 Å². The molecular weight excluding hydrogens is 267 g/mol. The third-order valence-corrected chi connectivity index (χ3v) is 9.10. The molecule has 0 aromatic carbocycles. The second kappa shape index (κ2) is 4.40. The summed E-state index contributed by atoms with van der Waals surface area (Å²) in [5.41, 5.74) is 0.191. The lowest BCUT2D eigenvalue weighted by Gasteiger charge is -2.48. The van der Waals surface area contributed by atoms with Crippen LogP contribution in [0.2, 0.25) is 5.04 Å². The Morgan fingerprint density at radius 3 is 1.20 bits per heavy atom. The lowest BCUT2D eigenvalue weighted by atomic mass is 9.72. The van der Waals surface area contributed by atoms with Crippen molar-refractivity contribution in [3.8, 4) is 0 Å². The quantitative estimate of drug-likeness (QED) is 0.439. The summed E-state index contributed by atoms with van der Waals surface area (Å²) in [7, 11) is 0. The normalized spacial score (nSPS) is 18.8. The van der Waals surface area contributed by atoms with Crippen molar-refractivity contribution in [1.29, 1.82) is 0 Å². The summed E-state index contributed by atoms with van der Waals surface area (Å²) in [5.74, 6) is 0. The van der Waals surface area contributed by atoms with Crippen LogP contribution in [0, 0.1) is 10.8 Å². The van der Waals surface area contributed by atoms with Crippen LogP contribution in [0.15, 0.2) is 0 Å². The van der Waals surface area contributed by atoms with Crippen LogP contribution in [0.25, 0.3) is 0 Å². The van der Waals surface area contributed by atoms with E-state index >= 15 is 0 Å². The van der Waals surface area contributed by atoms with Crippen molar-refractivity contribution in [2.75, 3.05) is 0 Å². The fourth-order valence-corrected chi connectivity index (χ4v) is 6.59. The van der Waals surface area contributed by atoms with E-state index in [1.165, 1.54) is 0 Å². The molecule has 1 atom stereocenters. The van der Waals surface area contributed by atoms with Gasteiger partial charge < -0.3 is 0 Å². The summed E-state index contributed by atoms with van der Waals surface area (Å²) in [6.45, 7) is 15.2. The summed E-state index contributed by atoms with van der Waals surface area (Å²) in [5, 5.41) is -0.205. The van der Waals surface area contributed by atoms with Gasteiger partial charge in [-0.05, 0) is 17.3 Å². The molecule has 0 aromatic rings. The first kappa shape index (κ1) is 16.1. The van der Waals surface area contributed by atoms with Crippen LogP contribution in [-0.4, -0.2) is 6.00 Å². The molecule has 0 nitrogen and oxygen atoms in total. The zero-order valence-electron chi connectivity index (χ0n) is 10.8. The lowest BCUT2D eigenvalue weighted by Crippen LogP contribution is -2.43. The molecule has 0 saturated heterocycles. The molecule has 0 bridgehead atoms. The molecule has 0 aromatic heterocycles. The molecule has 4 heteroatoms. The van der Waals surface area contributed by atoms with Crippen molar-refractivity contribution in [1.82, 2.24) is 0 Å². The highest BCUT2D eigenvalue weighted by Gasteiger charge is 2.55. The van der Waals surface area contributed by atoms with Crippen LogP contribution in [0.5, 0.6) is 0 Å². The highest BCUT2D eigenvalue weighted by Crippen LogP contribution is 2.62. The van der Waals surface area contributed by atoms with E-state index in [1.54, 1.807) is 0 Å². The molecule has 0 amide bonds. The first-order valence-electron chi connectivity index (χ1n) is 5.27. The zero-order valence-corrected chi connectivity index (χ0v) is 14.1. The van der Waals surface area contributed by atoms with Gasteiger partial charge in [0.05, 0.1) is 0 Å². The molecule has 0 rings (SSSR count). The van der Waals surface area contributed by atoms with Crippen LogP contribution in [0.4, 0.5) is 0 Å². The molecule has 0 aliphatic rings. The Morgan fingerprint density at radius 1 is 0.800 bits per heavy atom. The summed E-state index contributed by atoms with van der Waals surface area (Å²) >= 11 is 18.9. The van der Waals surface area contributed by atoms with Gasteiger partial charge in [0.2, 0.25) is 0 Å². The van der Waals surface area contributed by atoms with Gasteiger partial charge in [-0.15, -0.1) is 33.2 Å². The van der Waals surface area contributed by atoms with Gasteiger partial charge >= 0.3 is 6.00 Å².